The highest BCUT2D eigenvalue weighted by molar-refractivity contribution is 5.98. The summed E-state index contributed by atoms with van der Waals surface area (Å²) in [7, 11) is 4.60. The van der Waals surface area contributed by atoms with Crippen LogP contribution in [0.25, 0.3) is 0 Å². The van der Waals surface area contributed by atoms with Gasteiger partial charge in [0, 0.05) is 21.1 Å². The fraction of sp³-hybridized carbons (Fsp3) is 0.750. The molecule has 0 rings (SSSR count). The smallest absolute Gasteiger partial charge is 0.316 e. The molecule has 0 aliphatic heterocycles. The lowest BCUT2D eigenvalue weighted by Gasteiger charge is -2.30. The summed E-state index contributed by atoms with van der Waals surface area (Å²) in [5.74, 6) is -3.12. The molecule has 0 spiro atoms. The Balaban J connectivity index is 4.90. The van der Waals surface area contributed by atoms with Crippen molar-refractivity contribution in [2.45, 2.75) is 20.8 Å². The molecule has 6 nitrogen and oxygen atoms in total. The standard InChI is InChI=1S/C12H22N2O4/c1-12(2,3)9(11(17)18)10(16)14(6)7-8(15)13(4)5/h9H,7H2,1-6H3,(H,17,18). The van der Waals surface area contributed by atoms with Crippen molar-refractivity contribution >= 4 is 17.8 Å². The first-order chi connectivity index (χ1) is 7.98. The van der Waals surface area contributed by atoms with Crippen LogP contribution in [0.4, 0.5) is 0 Å². The molecule has 0 saturated heterocycles. The number of carbonyl (C=O) groups excluding carboxylic acids is 2. The third-order valence-corrected chi connectivity index (χ3v) is 2.61. The Kier molecular flexibility index (Phi) is 5.32. The molecule has 1 N–H and O–H groups in total. The molecule has 0 saturated carbocycles. The summed E-state index contributed by atoms with van der Waals surface area (Å²) >= 11 is 0. The van der Waals surface area contributed by atoms with E-state index in [0.717, 1.165) is 4.90 Å². The maximum atomic E-state index is 12.1. The molecule has 1 unspecified atom stereocenters. The minimum Gasteiger partial charge on any atom is -0.481 e. The fourth-order valence-corrected chi connectivity index (χ4v) is 1.49. The van der Waals surface area contributed by atoms with Crippen LogP contribution < -0.4 is 0 Å². The predicted molar refractivity (Wildman–Crippen MR) is 66.9 cm³/mol. The first-order valence-electron chi connectivity index (χ1n) is 5.66. The highest BCUT2D eigenvalue weighted by Crippen LogP contribution is 2.27. The van der Waals surface area contributed by atoms with Gasteiger partial charge in [0.05, 0.1) is 6.54 Å². The normalized spacial score (nSPS) is 12.8. The Morgan fingerprint density at radius 2 is 1.56 bits per heavy atom. The molecule has 1 atom stereocenters. The van der Waals surface area contributed by atoms with E-state index in [4.69, 9.17) is 5.11 Å². The van der Waals surface area contributed by atoms with Gasteiger partial charge in [-0.05, 0) is 5.41 Å². The highest BCUT2D eigenvalue weighted by Gasteiger charge is 2.39. The lowest BCUT2D eigenvalue weighted by molar-refractivity contribution is -0.157. The molecule has 2 amide bonds. The SMILES string of the molecule is CN(C)C(=O)CN(C)C(=O)C(C(=O)O)C(C)(C)C. The van der Waals surface area contributed by atoms with E-state index < -0.39 is 23.2 Å². The van der Waals surface area contributed by atoms with Crippen LogP contribution in [-0.4, -0.2) is 60.4 Å². The molecule has 0 bridgehead atoms. The van der Waals surface area contributed by atoms with Crippen LogP contribution in [0.3, 0.4) is 0 Å². The van der Waals surface area contributed by atoms with Gasteiger partial charge in [-0.1, -0.05) is 20.8 Å². The summed E-state index contributed by atoms with van der Waals surface area (Å²) < 4.78 is 0. The highest BCUT2D eigenvalue weighted by atomic mass is 16.4. The van der Waals surface area contributed by atoms with Crippen molar-refractivity contribution in [1.82, 2.24) is 9.80 Å². The van der Waals surface area contributed by atoms with Crippen LogP contribution in [-0.2, 0) is 14.4 Å². The van der Waals surface area contributed by atoms with Crippen molar-refractivity contribution in [2.24, 2.45) is 11.3 Å². The quantitative estimate of drug-likeness (QED) is 0.735. The van der Waals surface area contributed by atoms with Crippen LogP contribution in [0.2, 0.25) is 0 Å². The molecule has 18 heavy (non-hydrogen) atoms. The Bertz CT molecular complexity index is 344. The second kappa shape index (κ2) is 5.84. The van der Waals surface area contributed by atoms with Crippen LogP contribution in [0.5, 0.6) is 0 Å². The number of likely N-dealkylation sites (N-methyl/N-ethyl adjacent to an activating group) is 2. The van der Waals surface area contributed by atoms with Gasteiger partial charge in [-0.3, -0.25) is 14.4 Å². The van der Waals surface area contributed by atoms with Gasteiger partial charge in [-0.25, -0.2) is 0 Å². The molecule has 0 fully saturated rings. The molecule has 0 aliphatic carbocycles. The molecule has 104 valence electrons. The van der Waals surface area contributed by atoms with Gasteiger partial charge in [0.1, 0.15) is 5.92 Å². The monoisotopic (exact) mass is 258 g/mol. The van der Waals surface area contributed by atoms with E-state index in [1.807, 2.05) is 0 Å². The van der Waals surface area contributed by atoms with Gasteiger partial charge < -0.3 is 14.9 Å². The number of carboxylic acid groups (broad SMARTS) is 1. The first kappa shape index (κ1) is 16.4. The van der Waals surface area contributed by atoms with Crippen molar-refractivity contribution in [3.05, 3.63) is 0 Å². The molecular formula is C12H22N2O4. The van der Waals surface area contributed by atoms with E-state index >= 15 is 0 Å². The van der Waals surface area contributed by atoms with E-state index in [9.17, 15) is 14.4 Å². The zero-order valence-electron chi connectivity index (χ0n) is 11.9. The zero-order chi connectivity index (χ0) is 14.7. The van der Waals surface area contributed by atoms with E-state index in [0.29, 0.717) is 0 Å². The molecular weight excluding hydrogens is 236 g/mol. The molecule has 0 heterocycles. The number of rotatable bonds is 4. The summed E-state index contributed by atoms with van der Waals surface area (Å²) in [4.78, 5) is 37.2. The van der Waals surface area contributed by atoms with Crippen LogP contribution in [0.1, 0.15) is 20.8 Å². The van der Waals surface area contributed by atoms with Gasteiger partial charge in [0.15, 0.2) is 0 Å². The average molecular weight is 258 g/mol. The van der Waals surface area contributed by atoms with Crippen molar-refractivity contribution in [2.75, 3.05) is 27.7 Å². The second-order valence-electron chi connectivity index (χ2n) is 5.62. The maximum absolute atomic E-state index is 12.1. The predicted octanol–water partition coefficient (Wildman–Crippen LogP) is 0.280. The first-order valence-corrected chi connectivity index (χ1v) is 5.66. The molecule has 0 aromatic heterocycles. The molecule has 0 aromatic rings. The zero-order valence-corrected chi connectivity index (χ0v) is 11.9. The van der Waals surface area contributed by atoms with E-state index in [2.05, 4.69) is 0 Å². The maximum Gasteiger partial charge on any atom is 0.316 e. The van der Waals surface area contributed by atoms with Crippen LogP contribution in [0.15, 0.2) is 0 Å². The van der Waals surface area contributed by atoms with E-state index in [1.54, 1.807) is 34.9 Å². The van der Waals surface area contributed by atoms with Crippen molar-refractivity contribution < 1.29 is 19.5 Å². The van der Waals surface area contributed by atoms with Crippen LogP contribution >= 0.6 is 0 Å². The number of hydrogen-bond acceptors (Lipinski definition) is 3. The van der Waals surface area contributed by atoms with Crippen molar-refractivity contribution in [1.29, 1.82) is 0 Å². The van der Waals surface area contributed by atoms with E-state index in [-0.39, 0.29) is 12.5 Å². The molecule has 0 radical (unpaired) electrons. The van der Waals surface area contributed by atoms with Gasteiger partial charge in [-0.2, -0.15) is 0 Å². The Labute approximate surface area is 108 Å². The lowest BCUT2D eigenvalue weighted by atomic mass is 9.80. The Morgan fingerprint density at radius 1 is 1.11 bits per heavy atom. The van der Waals surface area contributed by atoms with Crippen molar-refractivity contribution in [3.8, 4) is 0 Å². The van der Waals surface area contributed by atoms with Gasteiger partial charge >= 0.3 is 5.97 Å². The van der Waals surface area contributed by atoms with Crippen molar-refractivity contribution in [3.63, 3.8) is 0 Å². The minimum absolute atomic E-state index is 0.119. The number of aliphatic carboxylic acids is 1. The summed E-state index contributed by atoms with van der Waals surface area (Å²) in [6.07, 6.45) is 0. The number of hydrogen-bond donors (Lipinski definition) is 1. The number of carboxylic acids is 1. The largest absolute Gasteiger partial charge is 0.481 e. The fourth-order valence-electron chi connectivity index (χ4n) is 1.49. The number of carbonyl (C=O) groups is 3. The Morgan fingerprint density at radius 3 is 1.83 bits per heavy atom. The van der Waals surface area contributed by atoms with Gasteiger partial charge in [-0.15, -0.1) is 0 Å². The summed E-state index contributed by atoms with van der Waals surface area (Å²) in [6, 6.07) is 0. The molecule has 6 heteroatoms. The third kappa shape index (κ3) is 4.35. The van der Waals surface area contributed by atoms with Crippen LogP contribution in [0, 0.1) is 11.3 Å². The van der Waals surface area contributed by atoms with Gasteiger partial charge in [0.2, 0.25) is 11.8 Å². The number of amides is 2. The minimum atomic E-state index is -1.17. The molecule has 0 aliphatic rings. The average Bonchev–Trinajstić information content (AvgIpc) is 2.13. The Hall–Kier alpha value is -1.59. The second-order valence-corrected chi connectivity index (χ2v) is 5.62. The summed E-state index contributed by atoms with van der Waals surface area (Å²) in [5, 5.41) is 9.13. The third-order valence-electron chi connectivity index (χ3n) is 2.61. The number of nitrogens with zero attached hydrogens (tertiary/aromatic N) is 2. The van der Waals surface area contributed by atoms with E-state index in [1.165, 1.54) is 11.9 Å². The summed E-state index contributed by atoms with van der Waals surface area (Å²) in [6.45, 7) is 4.94. The topological polar surface area (TPSA) is 77.9 Å². The van der Waals surface area contributed by atoms with Gasteiger partial charge in [0.25, 0.3) is 0 Å². The lowest BCUT2D eigenvalue weighted by Crippen LogP contribution is -2.46. The molecule has 0 aromatic carbocycles. The summed E-state index contributed by atoms with van der Waals surface area (Å²) in [5.41, 5.74) is -0.696.